The Morgan fingerprint density at radius 3 is 2.62 bits per heavy atom. The van der Waals surface area contributed by atoms with Crippen LogP contribution in [0.3, 0.4) is 0 Å². The maximum absolute atomic E-state index is 13.8. The van der Waals surface area contributed by atoms with Crippen molar-refractivity contribution in [2.45, 2.75) is 114 Å². The number of amides is 1. The number of ether oxygens (including phenoxy) is 1. The lowest BCUT2D eigenvalue weighted by Gasteiger charge is -2.23. The molecule has 4 fully saturated rings. The number of sulfonamides is 1. The number of imidazole rings is 1. The smallest absolute Gasteiger partial charge is 0.297 e. The molecule has 3 aliphatic carbocycles. The summed E-state index contributed by atoms with van der Waals surface area (Å²) in [7, 11) is -3.81. The molecular formula is C36H47N5O5S2. The van der Waals surface area contributed by atoms with Gasteiger partial charge in [0.1, 0.15) is 16.6 Å². The number of fused-ring (bicyclic) bond motifs is 1. The van der Waals surface area contributed by atoms with Crippen LogP contribution in [0.2, 0.25) is 0 Å². The molecule has 5 atom stereocenters. The van der Waals surface area contributed by atoms with E-state index in [1.54, 1.807) is 24.3 Å². The van der Waals surface area contributed by atoms with E-state index < -0.39 is 32.1 Å². The zero-order valence-electron chi connectivity index (χ0n) is 28.3. The second-order valence-corrected chi connectivity index (χ2v) is 18.1. The first kappa shape index (κ1) is 33.4. The van der Waals surface area contributed by atoms with Crippen LogP contribution in [0.15, 0.2) is 36.2 Å². The van der Waals surface area contributed by atoms with Gasteiger partial charge in [-0.3, -0.25) is 18.9 Å². The standard InChI is InChI=1S/C36H47N5O5S2/c1-6-24-17-36(24,33(43)40-48(44,45)35(5)15-16-35)18-28(42)30-22(4)29(19-37-30)46-34-39-31-25(13-10-14-27(31)41(34)21(2)3)32-38-26(20-47-32)23-11-8-7-9-12-23/h6,10,13-14,20-24,29-30,37H,1,7-9,11-12,15-19H2,2-5H3,(H,40,43)/t22-,24-,29+,30+,36-/m1/s1. The van der Waals surface area contributed by atoms with Gasteiger partial charge in [0.25, 0.3) is 6.01 Å². The molecule has 2 N–H and O–H groups in total. The van der Waals surface area contributed by atoms with Gasteiger partial charge in [-0.1, -0.05) is 38.3 Å². The average molecular weight is 694 g/mol. The number of hydrogen-bond donors (Lipinski definition) is 2. The van der Waals surface area contributed by atoms with Crippen molar-refractivity contribution in [3.8, 4) is 16.6 Å². The highest BCUT2D eigenvalue weighted by atomic mass is 32.2. The van der Waals surface area contributed by atoms with Gasteiger partial charge in [0.05, 0.1) is 27.4 Å². The molecule has 1 aromatic carbocycles. The largest absolute Gasteiger partial charge is 0.460 e. The maximum Gasteiger partial charge on any atom is 0.297 e. The third kappa shape index (κ3) is 5.81. The zero-order valence-corrected chi connectivity index (χ0v) is 30.0. The minimum Gasteiger partial charge on any atom is -0.460 e. The molecule has 3 aromatic rings. The number of thiazole rings is 1. The molecule has 3 heterocycles. The number of nitrogens with one attached hydrogen (secondary N) is 2. The molecule has 2 aromatic heterocycles. The molecule has 0 unspecified atom stereocenters. The van der Waals surface area contributed by atoms with E-state index in [9.17, 15) is 18.0 Å². The molecular weight excluding hydrogens is 647 g/mol. The lowest BCUT2D eigenvalue weighted by atomic mass is 9.87. The van der Waals surface area contributed by atoms with Crippen LogP contribution >= 0.6 is 11.3 Å². The second-order valence-electron chi connectivity index (χ2n) is 15.1. The number of allylic oxidation sites excluding steroid dienone is 1. The van der Waals surface area contributed by atoms with Gasteiger partial charge in [-0.25, -0.2) is 13.4 Å². The number of ketones is 1. The van der Waals surface area contributed by atoms with Crippen LogP contribution < -0.4 is 14.8 Å². The van der Waals surface area contributed by atoms with Crippen molar-refractivity contribution in [2.24, 2.45) is 17.3 Å². The summed E-state index contributed by atoms with van der Waals surface area (Å²) in [4.78, 5) is 37.3. The van der Waals surface area contributed by atoms with Crippen molar-refractivity contribution in [2.75, 3.05) is 6.54 Å². The van der Waals surface area contributed by atoms with E-state index >= 15 is 0 Å². The van der Waals surface area contributed by atoms with Crippen LogP contribution in [-0.4, -0.2) is 58.1 Å². The van der Waals surface area contributed by atoms with Gasteiger partial charge >= 0.3 is 0 Å². The summed E-state index contributed by atoms with van der Waals surface area (Å²) in [6.45, 7) is 12.1. The lowest BCUT2D eigenvalue weighted by molar-refractivity contribution is -0.131. The van der Waals surface area contributed by atoms with Gasteiger partial charge in [-0.15, -0.1) is 17.9 Å². The Morgan fingerprint density at radius 2 is 1.96 bits per heavy atom. The Balaban J connectivity index is 1.08. The fraction of sp³-hybridized carbons (Fsp3) is 0.611. The van der Waals surface area contributed by atoms with Gasteiger partial charge in [0.15, 0.2) is 5.78 Å². The molecule has 0 radical (unpaired) electrons. The molecule has 1 aliphatic heterocycles. The van der Waals surface area contributed by atoms with Crippen LogP contribution in [0.4, 0.5) is 0 Å². The number of rotatable bonds is 12. The van der Waals surface area contributed by atoms with Gasteiger partial charge in [-0.05, 0) is 70.9 Å². The van der Waals surface area contributed by atoms with Crippen molar-refractivity contribution in [3.05, 3.63) is 41.9 Å². The van der Waals surface area contributed by atoms with Gasteiger partial charge in [-0.2, -0.15) is 4.98 Å². The summed E-state index contributed by atoms with van der Waals surface area (Å²) in [5.74, 6) is -0.637. The SMILES string of the molecule is C=C[C@@H]1C[C@]1(CC(=O)[C@H]1NC[C@H](Oc2nc3c(-c4nc(C5CCCCC5)cs4)cccc3n2C(C)C)[C@H]1C)C(=O)NS(=O)(=O)C1(C)CC1. The van der Waals surface area contributed by atoms with Gasteiger partial charge < -0.3 is 10.1 Å². The monoisotopic (exact) mass is 693 g/mol. The first-order chi connectivity index (χ1) is 22.9. The molecule has 7 rings (SSSR count). The molecule has 48 heavy (non-hydrogen) atoms. The van der Waals surface area contributed by atoms with Crippen molar-refractivity contribution < 1.29 is 22.7 Å². The van der Waals surface area contributed by atoms with Crippen LogP contribution in [0.5, 0.6) is 6.01 Å². The van der Waals surface area contributed by atoms with Crippen molar-refractivity contribution >= 4 is 44.1 Å². The van der Waals surface area contributed by atoms with Crippen LogP contribution in [0.25, 0.3) is 21.6 Å². The highest BCUT2D eigenvalue weighted by molar-refractivity contribution is 7.91. The van der Waals surface area contributed by atoms with E-state index in [1.807, 2.05) is 6.92 Å². The number of hydrogen-bond acceptors (Lipinski definition) is 9. The Labute approximate surface area is 287 Å². The molecule has 258 valence electrons. The zero-order chi connectivity index (χ0) is 34.0. The number of Topliss-reactive ketones (excluding diaryl/α,β-unsaturated/α-hetero) is 1. The quantitative estimate of drug-likeness (QED) is 0.212. The van der Waals surface area contributed by atoms with E-state index in [-0.39, 0.29) is 36.2 Å². The molecule has 0 spiro atoms. The molecule has 3 saturated carbocycles. The minimum absolute atomic E-state index is 0.0546. The van der Waals surface area contributed by atoms with E-state index in [1.165, 1.54) is 37.8 Å². The van der Waals surface area contributed by atoms with Crippen molar-refractivity contribution in [3.63, 3.8) is 0 Å². The van der Waals surface area contributed by atoms with E-state index in [2.05, 4.69) is 58.6 Å². The second kappa shape index (κ2) is 12.4. The predicted octanol–water partition coefficient (Wildman–Crippen LogP) is 6.29. The third-order valence-electron chi connectivity index (χ3n) is 11.4. The number of aromatic nitrogens is 3. The topological polar surface area (TPSA) is 132 Å². The molecule has 0 bridgehead atoms. The highest BCUT2D eigenvalue weighted by Crippen LogP contribution is 2.57. The first-order valence-corrected chi connectivity index (χ1v) is 19.8. The Kier molecular flexibility index (Phi) is 8.60. The maximum atomic E-state index is 13.8. The molecule has 12 heteroatoms. The molecule has 4 aliphatic rings. The third-order valence-corrected chi connectivity index (χ3v) is 14.5. The number of para-hydroxylation sites is 1. The lowest BCUT2D eigenvalue weighted by Crippen LogP contribution is -2.45. The Hall–Kier alpha value is -3.09. The van der Waals surface area contributed by atoms with Crippen LogP contribution in [0.1, 0.15) is 103 Å². The molecule has 1 saturated heterocycles. The van der Waals surface area contributed by atoms with Crippen LogP contribution in [-0.2, 0) is 19.6 Å². The van der Waals surface area contributed by atoms with Crippen LogP contribution in [0, 0.1) is 17.3 Å². The Morgan fingerprint density at radius 1 is 1.21 bits per heavy atom. The predicted molar refractivity (Wildman–Crippen MR) is 187 cm³/mol. The Bertz CT molecular complexity index is 1850. The number of benzene rings is 1. The number of nitrogens with zero attached hydrogens (tertiary/aromatic N) is 3. The first-order valence-electron chi connectivity index (χ1n) is 17.5. The number of carbonyl (C=O) groups is 2. The summed E-state index contributed by atoms with van der Waals surface area (Å²) in [6, 6.07) is 6.25. The number of carbonyl (C=O) groups excluding carboxylic acids is 2. The highest BCUT2D eigenvalue weighted by Gasteiger charge is 2.62. The molecule has 10 nitrogen and oxygen atoms in total. The summed E-state index contributed by atoms with van der Waals surface area (Å²) in [5, 5.41) is 6.52. The summed E-state index contributed by atoms with van der Waals surface area (Å²) in [6.07, 6.45) is 8.98. The summed E-state index contributed by atoms with van der Waals surface area (Å²) in [5.41, 5.74) is 2.93. The van der Waals surface area contributed by atoms with E-state index in [4.69, 9.17) is 14.7 Å². The summed E-state index contributed by atoms with van der Waals surface area (Å²) >= 11 is 1.67. The normalized spacial score (nSPS) is 28.4. The van der Waals surface area contributed by atoms with Crippen molar-refractivity contribution in [1.29, 1.82) is 0 Å². The summed E-state index contributed by atoms with van der Waals surface area (Å²) < 4.78 is 35.8. The van der Waals surface area contributed by atoms with Crippen molar-refractivity contribution in [1.82, 2.24) is 24.6 Å². The van der Waals surface area contributed by atoms with E-state index in [0.717, 1.165) is 21.6 Å². The fourth-order valence-corrected chi connectivity index (χ4v) is 10.0. The fourth-order valence-electron chi connectivity index (χ4n) is 7.77. The van der Waals surface area contributed by atoms with Gasteiger partial charge in [0.2, 0.25) is 15.9 Å². The van der Waals surface area contributed by atoms with E-state index in [0.29, 0.717) is 37.7 Å². The molecule has 1 amide bonds. The minimum atomic E-state index is -3.81. The average Bonchev–Trinajstić information content (AvgIpc) is 3.78. The van der Waals surface area contributed by atoms with Gasteiger partial charge in [0, 0.05) is 41.8 Å².